The third-order valence-electron chi connectivity index (χ3n) is 4.12. The summed E-state index contributed by atoms with van der Waals surface area (Å²) in [6, 6.07) is 13.8. The molecule has 4 nitrogen and oxygen atoms in total. The van der Waals surface area contributed by atoms with Gasteiger partial charge in [0.25, 0.3) is 5.82 Å². The number of furan rings is 1. The van der Waals surface area contributed by atoms with Crippen molar-refractivity contribution in [2.24, 2.45) is 7.05 Å². The van der Waals surface area contributed by atoms with Crippen LogP contribution in [0.5, 0.6) is 0 Å². The Balaban J connectivity index is 2.17. The van der Waals surface area contributed by atoms with Crippen molar-refractivity contribution in [2.45, 2.75) is 6.92 Å². The summed E-state index contributed by atoms with van der Waals surface area (Å²) in [5.41, 5.74) is 4.74. The Kier molecular flexibility index (Phi) is 2.88. The van der Waals surface area contributed by atoms with Crippen molar-refractivity contribution >= 4 is 27.9 Å². The van der Waals surface area contributed by atoms with Gasteiger partial charge >= 0.3 is 5.71 Å². The average molecular weight is 300 g/mol. The highest BCUT2D eigenvalue weighted by Gasteiger charge is 2.21. The molecule has 0 aliphatic carbocycles. The molecule has 0 unspecified atom stereocenters. The summed E-state index contributed by atoms with van der Waals surface area (Å²) < 4.78 is 7.99. The van der Waals surface area contributed by atoms with Gasteiger partial charge in [0.1, 0.15) is 12.6 Å². The normalized spacial score (nSPS) is 11.0. The van der Waals surface area contributed by atoms with Crippen LogP contribution in [0, 0.1) is 13.5 Å². The number of aryl methyl sites for hydroxylation is 2. The van der Waals surface area contributed by atoms with Gasteiger partial charge in [-0.2, -0.15) is 0 Å². The van der Waals surface area contributed by atoms with E-state index in [-0.39, 0.29) is 0 Å². The minimum Gasteiger partial charge on any atom is -0.420 e. The fourth-order valence-corrected chi connectivity index (χ4v) is 3.02. The van der Waals surface area contributed by atoms with Gasteiger partial charge in [-0.05, 0) is 30.7 Å². The largest absolute Gasteiger partial charge is 0.420 e. The number of aromatic nitrogens is 2. The number of hydrogen-bond acceptors (Lipinski definition) is 2. The minimum atomic E-state index is 0.347. The first kappa shape index (κ1) is 13.5. The molecule has 110 valence electrons. The van der Waals surface area contributed by atoms with Crippen LogP contribution in [-0.4, -0.2) is 4.98 Å². The molecule has 0 aliphatic rings. The van der Waals surface area contributed by atoms with Gasteiger partial charge in [0.2, 0.25) is 5.69 Å². The van der Waals surface area contributed by atoms with Gasteiger partial charge in [-0.3, -0.25) is 0 Å². The molecule has 0 spiro atoms. The van der Waals surface area contributed by atoms with E-state index in [0.717, 1.165) is 27.6 Å². The van der Waals surface area contributed by atoms with E-state index >= 15 is 0 Å². The Morgan fingerprint density at radius 2 is 2.00 bits per heavy atom. The van der Waals surface area contributed by atoms with Crippen molar-refractivity contribution in [3.8, 4) is 11.3 Å². The highest BCUT2D eigenvalue weighted by atomic mass is 16.3. The first-order chi connectivity index (χ1) is 11.2. The summed E-state index contributed by atoms with van der Waals surface area (Å²) in [5.74, 6) is 0.347. The maximum Gasteiger partial charge on any atom is 0.322 e. The number of nitrogens with zero attached hydrogens (tertiary/aromatic N) is 3. The van der Waals surface area contributed by atoms with Crippen molar-refractivity contribution in [2.75, 3.05) is 0 Å². The third-order valence-corrected chi connectivity index (χ3v) is 4.12. The predicted octanol–water partition coefficient (Wildman–Crippen LogP) is 4.33. The van der Waals surface area contributed by atoms with Gasteiger partial charge < -0.3 is 9.26 Å². The standard InChI is InChI=1S/C19H14N3O/c1-12-7-9-15-18(17(12)14-6-4-5-11-22(14)3)13-8-10-16(20-2)21-19(13)23-15/h4-11H,1,3H3/q+1. The van der Waals surface area contributed by atoms with Crippen molar-refractivity contribution in [1.29, 1.82) is 0 Å². The van der Waals surface area contributed by atoms with E-state index < -0.39 is 0 Å². The van der Waals surface area contributed by atoms with Gasteiger partial charge in [0.15, 0.2) is 6.20 Å². The number of rotatable bonds is 1. The van der Waals surface area contributed by atoms with Gasteiger partial charge in [0.05, 0.1) is 10.9 Å². The molecule has 1 aromatic carbocycles. The zero-order chi connectivity index (χ0) is 16.0. The Hall–Kier alpha value is -3.19. The van der Waals surface area contributed by atoms with Crippen molar-refractivity contribution in [1.82, 2.24) is 4.98 Å². The van der Waals surface area contributed by atoms with E-state index in [9.17, 15) is 0 Å². The molecule has 23 heavy (non-hydrogen) atoms. The van der Waals surface area contributed by atoms with Crippen LogP contribution in [0.2, 0.25) is 0 Å². The van der Waals surface area contributed by atoms with E-state index in [0.29, 0.717) is 11.5 Å². The van der Waals surface area contributed by atoms with Crippen molar-refractivity contribution in [3.05, 3.63) is 65.6 Å². The SMILES string of the molecule is [C-]#[N+]c1ccc2c(n1)oc1ccc(C)c(-c3cccc[n+]3C)c12. The summed E-state index contributed by atoms with van der Waals surface area (Å²) in [6.45, 7) is 9.21. The summed E-state index contributed by atoms with van der Waals surface area (Å²) in [6.07, 6.45) is 2.03. The van der Waals surface area contributed by atoms with Crippen LogP contribution in [0.4, 0.5) is 5.82 Å². The van der Waals surface area contributed by atoms with Crippen molar-refractivity contribution in [3.63, 3.8) is 0 Å². The molecule has 3 aromatic heterocycles. The highest BCUT2D eigenvalue weighted by molar-refractivity contribution is 6.11. The fraction of sp³-hybridized carbons (Fsp3) is 0.105. The summed E-state index contributed by atoms with van der Waals surface area (Å²) >= 11 is 0. The van der Waals surface area contributed by atoms with Crippen LogP contribution < -0.4 is 4.57 Å². The van der Waals surface area contributed by atoms with E-state index in [1.807, 2.05) is 37.5 Å². The number of benzene rings is 1. The van der Waals surface area contributed by atoms with Gasteiger partial charge in [-0.15, -0.1) is 0 Å². The number of fused-ring (bicyclic) bond motifs is 3. The zero-order valence-electron chi connectivity index (χ0n) is 12.9. The highest BCUT2D eigenvalue weighted by Crippen LogP contribution is 2.37. The molecule has 0 atom stereocenters. The molecule has 4 rings (SSSR count). The molecular formula is C19H14N3O+. The summed E-state index contributed by atoms with van der Waals surface area (Å²) in [5, 5.41) is 1.99. The molecule has 0 saturated carbocycles. The molecule has 3 heterocycles. The average Bonchev–Trinajstić information content (AvgIpc) is 2.93. The van der Waals surface area contributed by atoms with E-state index in [2.05, 4.69) is 33.5 Å². The van der Waals surface area contributed by atoms with Crippen molar-refractivity contribution < 1.29 is 8.98 Å². The maximum atomic E-state index is 7.11. The Bertz CT molecular complexity index is 1100. The Morgan fingerprint density at radius 1 is 1.13 bits per heavy atom. The molecule has 0 amide bonds. The van der Waals surface area contributed by atoms with Crippen LogP contribution in [0.1, 0.15) is 5.56 Å². The summed E-state index contributed by atoms with van der Waals surface area (Å²) in [4.78, 5) is 7.67. The van der Waals surface area contributed by atoms with Crippen LogP contribution in [-0.2, 0) is 7.05 Å². The molecule has 0 saturated heterocycles. The smallest absolute Gasteiger partial charge is 0.322 e. The lowest BCUT2D eigenvalue weighted by Crippen LogP contribution is -2.30. The van der Waals surface area contributed by atoms with E-state index in [4.69, 9.17) is 11.0 Å². The van der Waals surface area contributed by atoms with Crippen LogP contribution in [0.25, 0.3) is 38.2 Å². The molecular weight excluding hydrogens is 286 g/mol. The predicted molar refractivity (Wildman–Crippen MR) is 89.1 cm³/mol. The monoisotopic (exact) mass is 300 g/mol. The first-order valence-electron chi connectivity index (χ1n) is 7.34. The minimum absolute atomic E-state index is 0.347. The molecule has 0 radical (unpaired) electrons. The second kappa shape index (κ2) is 4.92. The Labute approximate surface area is 133 Å². The number of pyridine rings is 2. The number of hydrogen-bond donors (Lipinski definition) is 0. The zero-order valence-corrected chi connectivity index (χ0v) is 12.9. The Morgan fingerprint density at radius 3 is 2.78 bits per heavy atom. The topological polar surface area (TPSA) is 34.3 Å². The molecule has 0 fully saturated rings. The van der Waals surface area contributed by atoms with Crippen LogP contribution in [0.3, 0.4) is 0 Å². The molecule has 4 aromatic rings. The van der Waals surface area contributed by atoms with Gasteiger partial charge in [-0.25, -0.2) is 4.57 Å². The van der Waals surface area contributed by atoms with Crippen LogP contribution in [0.15, 0.2) is 53.1 Å². The first-order valence-corrected chi connectivity index (χ1v) is 7.34. The summed E-state index contributed by atoms with van der Waals surface area (Å²) in [7, 11) is 2.03. The molecule has 0 N–H and O–H groups in total. The molecule has 0 bridgehead atoms. The second-order valence-corrected chi connectivity index (χ2v) is 5.56. The second-order valence-electron chi connectivity index (χ2n) is 5.56. The fourth-order valence-electron chi connectivity index (χ4n) is 3.02. The van der Waals surface area contributed by atoms with E-state index in [1.54, 1.807) is 6.07 Å². The lowest BCUT2D eigenvalue weighted by molar-refractivity contribution is -0.660. The van der Waals surface area contributed by atoms with Gasteiger partial charge in [0, 0.05) is 17.5 Å². The molecule has 0 aliphatic heterocycles. The van der Waals surface area contributed by atoms with E-state index in [1.165, 1.54) is 5.56 Å². The maximum absolute atomic E-state index is 7.11. The third kappa shape index (κ3) is 1.98. The lowest BCUT2D eigenvalue weighted by atomic mass is 9.98. The lowest BCUT2D eigenvalue weighted by Gasteiger charge is -2.05. The quantitative estimate of drug-likeness (QED) is 0.387. The van der Waals surface area contributed by atoms with Crippen LogP contribution >= 0.6 is 0 Å². The van der Waals surface area contributed by atoms with Gasteiger partial charge in [-0.1, -0.05) is 23.7 Å². The molecule has 4 heteroatoms.